The van der Waals surface area contributed by atoms with E-state index in [2.05, 4.69) is 10.3 Å². The van der Waals surface area contributed by atoms with Gasteiger partial charge < -0.3 is 10.1 Å². The number of carbonyl (C=O) groups is 1. The molecule has 0 spiro atoms. The van der Waals surface area contributed by atoms with E-state index in [0.717, 1.165) is 34.7 Å². The Morgan fingerprint density at radius 3 is 3.05 bits per heavy atom. The molecule has 114 valence electrons. The molecule has 1 aliphatic heterocycles. The monoisotopic (exact) mass is 297 g/mol. The maximum absolute atomic E-state index is 12.4. The quantitative estimate of drug-likeness (QED) is 0.947. The van der Waals surface area contributed by atoms with Crippen molar-refractivity contribution < 1.29 is 9.53 Å². The molecule has 5 nitrogen and oxygen atoms in total. The van der Waals surface area contributed by atoms with Crippen LogP contribution in [0.25, 0.3) is 0 Å². The normalized spacial score (nSPS) is 12.9. The van der Waals surface area contributed by atoms with Crippen molar-refractivity contribution in [1.82, 2.24) is 10.3 Å². The van der Waals surface area contributed by atoms with E-state index in [4.69, 9.17) is 4.74 Å². The van der Waals surface area contributed by atoms with Gasteiger partial charge in [0.15, 0.2) is 0 Å². The van der Waals surface area contributed by atoms with E-state index < -0.39 is 0 Å². The summed E-state index contributed by atoms with van der Waals surface area (Å²) in [5.74, 6) is 0.824. The van der Waals surface area contributed by atoms with E-state index in [-0.39, 0.29) is 6.03 Å². The van der Waals surface area contributed by atoms with Crippen molar-refractivity contribution in [3.05, 3.63) is 53.3 Å². The molecular formula is C17H19N3O2. The summed E-state index contributed by atoms with van der Waals surface area (Å²) in [7, 11) is 1.65. The maximum Gasteiger partial charge on any atom is 0.322 e. The van der Waals surface area contributed by atoms with E-state index in [0.29, 0.717) is 13.1 Å². The number of methoxy groups -OCH3 is 1. The highest BCUT2D eigenvalue weighted by Gasteiger charge is 2.24. The first kappa shape index (κ1) is 14.4. The molecule has 5 heteroatoms. The molecule has 2 aromatic rings. The predicted octanol–water partition coefficient (Wildman–Crippen LogP) is 2.67. The molecule has 2 amide bonds. The van der Waals surface area contributed by atoms with Crippen LogP contribution in [-0.2, 0) is 13.0 Å². The highest BCUT2D eigenvalue weighted by Crippen LogP contribution is 2.31. The van der Waals surface area contributed by atoms with Gasteiger partial charge in [-0.05, 0) is 48.7 Å². The topological polar surface area (TPSA) is 54.5 Å². The van der Waals surface area contributed by atoms with Gasteiger partial charge in [-0.2, -0.15) is 0 Å². The minimum absolute atomic E-state index is 0.0889. The third kappa shape index (κ3) is 2.74. The Hall–Kier alpha value is -2.56. The smallest absolute Gasteiger partial charge is 0.322 e. The first-order chi connectivity index (χ1) is 10.7. The SMILES string of the molecule is COc1ccc2c(c1)CCN2C(=O)NCc1ncccc1C. The van der Waals surface area contributed by atoms with Crippen molar-refractivity contribution in [2.24, 2.45) is 0 Å². The average Bonchev–Trinajstić information content (AvgIpc) is 2.96. The number of aromatic nitrogens is 1. The fourth-order valence-electron chi connectivity index (χ4n) is 2.67. The molecule has 0 saturated carbocycles. The van der Waals surface area contributed by atoms with Gasteiger partial charge in [-0.25, -0.2) is 4.79 Å². The second-order valence-electron chi connectivity index (χ2n) is 5.32. The van der Waals surface area contributed by atoms with Gasteiger partial charge >= 0.3 is 6.03 Å². The van der Waals surface area contributed by atoms with Crippen LogP contribution in [0.15, 0.2) is 36.5 Å². The number of ether oxygens (including phenoxy) is 1. The number of rotatable bonds is 3. The molecule has 2 heterocycles. The number of fused-ring (bicyclic) bond motifs is 1. The molecule has 1 aromatic carbocycles. The Morgan fingerprint density at radius 1 is 1.41 bits per heavy atom. The second-order valence-corrected chi connectivity index (χ2v) is 5.32. The fourth-order valence-corrected chi connectivity index (χ4v) is 2.67. The Morgan fingerprint density at radius 2 is 2.27 bits per heavy atom. The van der Waals surface area contributed by atoms with Gasteiger partial charge in [0.1, 0.15) is 5.75 Å². The zero-order valence-electron chi connectivity index (χ0n) is 12.8. The number of amides is 2. The van der Waals surface area contributed by atoms with Crippen LogP contribution < -0.4 is 15.0 Å². The van der Waals surface area contributed by atoms with Crippen LogP contribution >= 0.6 is 0 Å². The molecule has 0 bridgehead atoms. The molecule has 1 aliphatic rings. The number of urea groups is 1. The van der Waals surface area contributed by atoms with Crippen LogP contribution in [0.4, 0.5) is 10.5 Å². The highest BCUT2D eigenvalue weighted by atomic mass is 16.5. The van der Waals surface area contributed by atoms with Crippen LogP contribution in [-0.4, -0.2) is 24.7 Å². The summed E-state index contributed by atoms with van der Waals surface area (Å²) in [6.45, 7) is 3.12. The van der Waals surface area contributed by atoms with E-state index in [9.17, 15) is 4.79 Å². The number of anilines is 1. The molecule has 0 fully saturated rings. The molecule has 0 saturated heterocycles. The summed E-state index contributed by atoms with van der Waals surface area (Å²) in [5.41, 5.74) is 4.07. The number of carbonyl (C=O) groups excluding carboxylic acids is 1. The van der Waals surface area contributed by atoms with E-state index in [1.165, 1.54) is 0 Å². The van der Waals surface area contributed by atoms with Gasteiger partial charge in [0.2, 0.25) is 0 Å². The summed E-state index contributed by atoms with van der Waals surface area (Å²) in [6, 6.07) is 9.61. The molecule has 1 N–H and O–H groups in total. The maximum atomic E-state index is 12.4. The zero-order valence-corrected chi connectivity index (χ0v) is 12.8. The van der Waals surface area contributed by atoms with Gasteiger partial charge in [0.25, 0.3) is 0 Å². The number of nitrogens with one attached hydrogen (secondary N) is 1. The third-order valence-electron chi connectivity index (χ3n) is 3.95. The van der Waals surface area contributed by atoms with Crippen LogP contribution in [0.2, 0.25) is 0 Å². The molecule has 1 aromatic heterocycles. The van der Waals surface area contributed by atoms with Crippen molar-refractivity contribution in [2.45, 2.75) is 19.9 Å². The second kappa shape index (κ2) is 6.05. The molecule has 0 aliphatic carbocycles. The van der Waals surface area contributed by atoms with Crippen molar-refractivity contribution in [3.63, 3.8) is 0 Å². The summed E-state index contributed by atoms with van der Waals surface area (Å²) in [4.78, 5) is 18.5. The van der Waals surface area contributed by atoms with E-state index >= 15 is 0 Å². The summed E-state index contributed by atoms with van der Waals surface area (Å²) >= 11 is 0. The average molecular weight is 297 g/mol. The van der Waals surface area contributed by atoms with Crippen molar-refractivity contribution in [3.8, 4) is 5.75 Å². The number of aryl methyl sites for hydroxylation is 1. The fraction of sp³-hybridized carbons (Fsp3) is 0.294. The number of pyridine rings is 1. The molecule has 22 heavy (non-hydrogen) atoms. The first-order valence-corrected chi connectivity index (χ1v) is 7.32. The lowest BCUT2D eigenvalue weighted by Crippen LogP contribution is -2.38. The Bertz CT molecular complexity index is 700. The van der Waals surface area contributed by atoms with Gasteiger partial charge in [-0.15, -0.1) is 0 Å². The van der Waals surface area contributed by atoms with Crippen LogP contribution in [0, 0.1) is 6.92 Å². The van der Waals surface area contributed by atoms with E-state index in [1.807, 2.05) is 37.3 Å². The van der Waals surface area contributed by atoms with Gasteiger partial charge in [-0.3, -0.25) is 9.88 Å². The van der Waals surface area contributed by atoms with Crippen molar-refractivity contribution >= 4 is 11.7 Å². The summed E-state index contributed by atoms with van der Waals surface area (Å²) < 4.78 is 5.23. The van der Waals surface area contributed by atoms with Crippen LogP contribution in [0.3, 0.4) is 0 Å². The Kier molecular flexibility index (Phi) is 3.96. The Balaban J connectivity index is 1.69. The minimum Gasteiger partial charge on any atom is -0.497 e. The molecule has 0 radical (unpaired) electrons. The van der Waals surface area contributed by atoms with Gasteiger partial charge in [-0.1, -0.05) is 6.07 Å². The lowest BCUT2D eigenvalue weighted by molar-refractivity contribution is 0.246. The zero-order chi connectivity index (χ0) is 15.5. The molecule has 0 unspecified atom stereocenters. The third-order valence-corrected chi connectivity index (χ3v) is 3.95. The summed E-state index contributed by atoms with van der Waals surface area (Å²) in [5, 5.41) is 2.94. The lowest BCUT2D eigenvalue weighted by atomic mass is 10.1. The first-order valence-electron chi connectivity index (χ1n) is 7.32. The number of benzene rings is 1. The van der Waals surface area contributed by atoms with Gasteiger partial charge in [0.05, 0.1) is 19.3 Å². The standard InChI is InChI=1S/C17H19N3O2/c1-12-4-3-8-18-15(12)11-19-17(21)20-9-7-13-10-14(22-2)5-6-16(13)20/h3-6,8,10H,7,9,11H2,1-2H3,(H,19,21). The summed E-state index contributed by atoms with van der Waals surface area (Å²) in [6.07, 6.45) is 2.59. The molecule has 3 rings (SSSR count). The van der Waals surface area contributed by atoms with Gasteiger partial charge in [0, 0.05) is 18.4 Å². The minimum atomic E-state index is -0.0889. The van der Waals surface area contributed by atoms with Crippen LogP contribution in [0.5, 0.6) is 5.75 Å². The van der Waals surface area contributed by atoms with Crippen molar-refractivity contribution in [1.29, 1.82) is 0 Å². The highest BCUT2D eigenvalue weighted by molar-refractivity contribution is 5.94. The predicted molar refractivity (Wildman–Crippen MR) is 85.3 cm³/mol. The number of hydrogen-bond donors (Lipinski definition) is 1. The lowest BCUT2D eigenvalue weighted by Gasteiger charge is -2.18. The molecule has 0 atom stereocenters. The molecular weight excluding hydrogens is 278 g/mol. The number of hydrogen-bond acceptors (Lipinski definition) is 3. The number of nitrogens with zero attached hydrogens (tertiary/aromatic N) is 2. The largest absolute Gasteiger partial charge is 0.497 e. The van der Waals surface area contributed by atoms with E-state index in [1.54, 1.807) is 18.2 Å². The van der Waals surface area contributed by atoms with Crippen LogP contribution in [0.1, 0.15) is 16.8 Å². The van der Waals surface area contributed by atoms with Crippen molar-refractivity contribution in [2.75, 3.05) is 18.6 Å². The Labute approximate surface area is 129 Å².